The van der Waals surface area contributed by atoms with Crippen LogP contribution in [-0.4, -0.2) is 34.1 Å². The minimum Gasteiger partial charge on any atom is -0.384 e. The third-order valence-corrected chi connectivity index (χ3v) is 2.89. The Kier molecular flexibility index (Phi) is 5.13. The van der Waals surface area contributed by atoms with E-state index in [-0.39, 0.29) is 12.5 Å². The van der Waals surface area contributed by atoms with Gasteiger partial charge in [-0.15, -0.1) is 0 Å². The Morgan fingerprint density at radius 3 is 3.00 bits per heavy atom. The molecule has 1 aromatic heterocycles. The zero-order valence-corrected chi connectivity index (χ0v) is 11.8. The molecule has 1 heterocycles. The van der Waals surface area contributed by atoms with Crippen LogP contribution >= 0.6 is 0 Å². The molecule has 0 unspecified atom stereocenters. The summed E-state index contributed by atoms with van der Waals surface area (Å²) in [4.78, 5) is 19.0. The van der Waals surface area contributed by atoms with Crippen molar-refractivity contribution < 1.29 is 9.90 Å². The summed E-state index contributed by atoms with van der Waals surface area (Å²) in [6.07, 6.45) is 4.06. The number of aliphatic hydroxyl groups is 1. The maximum atomic E-state index is 12.1. The van der Waals surface area contributed by atoms with Gasteiger partial charge in [-0.05, 0) is 30.7 Å². The second kappa shape index (κ2) is 7.27. The van der Waals surface area contributed by atoms with Gasteiger partial charge in [0.25, 0.3) is 5.91 Å². The van der Waals surface area contributed by atoms with E-state index < -0.39 is 0 Å². The molecule has 2 aromatic rings. The van der Waals surface area contributed by atoms with Crippen LogP contribution in [0.4, 0.5) is 0 Å². The van der Waals surface area contributed by atoms with Crippen LogP contribution in [0.5, 0.6) is 0 Å². The average molecular weight is 283 g/mol. The lowest BCUT2D eigenvalue weighted by Crippen LogP contribution is -2.25. The Morgan fingerprint density at radius 1 is 1.43 bits per heavy atom. The number of hydrogen-bond acceptors (Lipinski definition) is 3. The number of H-pyrrole nitrogens is 1. The first kappa shape index (κ1) is 14.8. The van der Waals surface area contributed by atoms with Crippen molar-refractivity contribution in [3.8, 4) is 11.8 Å². The summed E-state index contributed by atoms with van der Waals surface area (Å²) in [6.45, 7) is 2.25. The van der Waals surface area contributed by atoms with Gasteiger partial charge in [0.1, 0.15) is 6.61 Å². The first-order valence-electron chi connectivity index (χ1n) is 6.66. The first-order chi connectivity index (χ1) is 10.2. The molecule has 0 saturated heterocycles. The number of benzene rings is 1. The smallest absolute Gasteiger partial charge is 0.251 e. The fourth-order valence-electron chi connectivity index (χ4n) is 1.96. The number of aromatic amines is 1. The summed E-state index contributed by atoms with van der Waals surface area (Å²) in [5.41, 5.74) is 3.23. The SMILES string of the molecule is Cc1cc(C#CCO)cc(C(=O)NCCc2cnc[nH]2)c1. The summed E-state index contributed by atoms with van der Waals surface area (Å²) in [7, 11) is 0. The maximum absolute atomic E-state index is 12.1. The summed E-state index contributed by atoms with van der Waals surface area (Å²) >= 11 is 0. The van der Waals surface area contributed by atoms with Crippen LogP contribution in [0.25, 0.3) is 0 Å². The fourth-order valence-corrected chi connectivity index (χ4v) is 1.96. The Balaban J connectivity index is 1.99. The summed E-state index contributed by atoms with van der Waals surface area (Å²) in [5.74, 6) is 5.26. The summed E-state index contributed by atoms with van der Waals surface area (Å²) in [5, 5.41) is 11.6. The van der Waals surface area contributed by atoms with Crippen molar-refractivity contribution in [3.05, 3.63) is 53.1 Å². The van der Waals surface area contributed by atoms with Crippen LogP contribution in [0.3, 0.4) is 0 Å². The number of aryl methyl sites for hydroxylation is 1. The van der Waals surface area contributed by atoms with Gasteiger partial charge in [-0.1, -0.05) is 11.8 Å². The normalized spacial score (nSPS) is 9.81. The standard InChI is InChI=1S/C16H17N3O2/c1-12-7-13(3-2-6-20)9-14(8-12)16(21)18-5-4-15-10-17-11-19-15/h7-11,20H,4-6H2,1H3,(H,17,19)(H,18,21). The fraction of sp³-hybridized carbons (Fsp3) is 0.250. The number of nitrogens with one attached hydrogen (secondary N) is 2. The van der Waals surface area contributed by atoms with E-state index in [4.69, 9.17) is 5.11 Å². The van der Waals surface area contributed by atoms with Gasteiger partial charge < -0.3 is 15.4 Å². The third-order valence-electron chi connectivity index (χ3n) is 2.89. The number of amides is 1. The second-order valence-electron chi connectivity index (χ2n) is 4.63. The van der Waals surface area contributed by atoms with Crippen molar-refractivity contribution in [2.75, 3.05) is 13.2 Å². The third kappa shape index (κ3) is 4.48. The molecular weight excluding hydrogens is 266 g/mol. The molecule has 0 aliphatic heterocycles. The average Bonchev–Trinajstić information content (AvgIpc) is 2.97. The Morgan fingerprint density at radius 2 is 2.29 bits per heavy atom. The topological polar surface area (TPSA) is 78.0 Å². The molecule has 21 heavy (non-hydrogen) atoms. The molecule has 5 nitrogen and oxygen atoms in total. The second-order valence-corrected chi connectivity index (χ2v) is 4.63. The predicted molar refractivity (Wildman–Crippen MR) is 79.8 cm³/mol. The number of nitrogens with zero attached hydrogens (tertiary/aromatic N) is 1. The number of imidazole rings is 1. The van der Waals surface area contributed by atoms with Gasteiger partial charge in [0, 0.05) is 36.0 Å². The van der Waals surface area contributed by atoms with Gasteiger partial charge in [-0.3, -0.25) is 4.79 Å². The molecule has 0 aliphatic rings. The van der Waals surface area contributed by atoms with Gasteiger partial charge in [0.15, 0.2) is 0 Å². The molecule has 0 atom stereocenters. The molecule has 0 bridgehead atoms. The zero-order valence-electron chi connectivity index (χ0n) is 11.8. The van der Waals surface area contributed by atoms with E-state index in [1.54, 1.807) is 18.6 Å². The van der Waals surface area contributed by atoms with Crippen LogP contribution in [0.1, 0.15) is 27.2 Å². The lowest BCUT2D eigenvalue weighted by Gasteiger charge is -2.06. The molecule has 3 N–H and O–H groups in total. The van der Waals surface area contributed by atoms with Crippen molar-refractivity contribution in [1.82, 2.24) is 15.3 Å². The molecule has 0 radical (unpaired) electrons. The molecule has 5 heteroatoms. The van der Waals surface area contributed by atoms with Crippen LogP contribution in [0.15, 0.2) is 30.7 Å². The molecule has 0 saturated carbocycles. The monoisotopic (exact) mass is 283 g/mol. The van der Waals surface area contributed by atoms with Gasteiger partial charge in [-0.2, -0.15) is 0 Å². The highest BCUT2D eigenvalue weighted by Gasteiger charge is 2.07. The molecule has 0 aliphatic carbocycles. The predicted octanol–water partition coefficient (Wildman–Crippen LogP) is 1.03. The van der Waals surface area contributed by atoms with Crippen molar-refractivity contribution in [2.24, 2.45) is 0 Å². The van der Waals surface area contributed by atoms with E-state index in [0.29, 0.717) is 18.5 Å². The Bertz CT molecular complexity index is 667. The highest BCUT2D eigenvalue weighted by Crippen LogP contribution is 2.09. The van der Waals surface area contributed by atoms with Crippen molar-refractivity contribution in [2.45, 2.75) is 13.3 Å². The van der Waals surface area contributed by atoms with E-state index in [1.807, 2.05) is 19.1 Å². The largest absolute Gasteiger partial charge is 0.384 e. The Labute approximate surface area is 123 Å². The minimum absolute atomic E-state index is 0.134. The molecule has 0 spiro atoms. The molecule has 108 valence electrons. The van der Waals surface area contributed by atoms with E-state index >= 15 is 0 Å². The molecule has 1 aromatic carbocycles. The van der Waals surface area contributed by atoms with E-state index in [0.717, 1.165) is 16.8 Å². The van der Waals surface area contributed by atoms with Crippen LogP contribution in [0, 0.1) is 18.8 Å². The highest BCUT2D eigenvalue weighted by atomic mass is 16.2. The van der Waals surface area contributed by atoms with Gasteiger partial charge >= 0.3 is 0 Å². The van der Waals surface area contributed by atoms with E-state index in [9.17, 15) is 4.79 Å². The zero-order chi connectivity index (χ0) is 15.1. The van der Waals surface area contributed by atoms with E-state index in [2.05, 4.69) is 27.1 Å². The molecular formula is C16H17N3O2. The maximum Gasteiger partial charge on any atom is 0.251 e. The molecule has 1 amide bonds. The van der Waals surface area contributed by atoms with Gasteiger partial charge in [-0.25, -0.2) is 4.98 Å². The highest BCUT2D eigenvalue weighted by molar-refractivity contribution is 5.94. The number of carbonyl (C=O) groups is 1. The quantitative estimate of drug-likeness (QED) is 0.734. The molecule has 0 fully saturated rings. The van der Waals surface area contributed by atoms with Crippen molar-refractivity contribution in [1.29, 1.82) is 0 Å². The van der Waals surface area contributed by atoms with Gasteiger partial charge in [0.05, 0.1) is 6.33 Å². The lowest BCUT2D eigenvalue weighted by atomic mass is 10.1. The van der Waals surface area contributed by atoms with Gasteiger partial charge in [0.2, 0.25) is 0 Å². The summed E-state index contributed by atoms with van der Waals surface area (Å²) < 4.78 is 0. The first-order valence-corrected chi connectivity index (χ1v) is 6.66. The number of carbonyl (C=O) groups excluding carboxylic acids is 1. The number of aliphatic hydroxyl groups excluding tert-OH is 1. The van der Waals surface area contributed by atoms with Crippen molar-refractivity contribution in [3.63, 3.8) is 0 Å². The van der Waals surface area contributed by atoms with Crippen molar-refractivity contribution >= 4 is 5.91 Å². The summed E-state index contributed by atoms with van der Waals surface area (Å²) in [6, 6.07) is 5.42. The number of rotatable bonds is 4. The molecule has 2 rings (SSSR count). The Hall–Kier alpha value is -2.58. The minimum atomic E-state index is -0.195. The number of aromatic nitrogens is 2. The lowest BCUT2D eigenvalue weighted by molar-refractivity contribution is 0.0954. The number of hydrogen-bond donors (Lipinski definition) is 3. The van der Waals surface area contributed by atoms with Crippen LogP contribution in [0.2, 0.25) is 0 Å². The van der Waals surface area contributed by atoms with E-state index in [1.165, 1.54) is 0 Å². The van der Waals surface area contributed by atoms with Crippen LogP contribution in [-0.2, 0) is 6.42 Å². The van der Waals surface area contributed by atoms with Crippen LogP contribution < -0.4 is 5.32 Å².